The normalized spacial score (nSPS) is 9.81. The number of nitrogens with one attached hydrogen (secondary N) is 1. The predicted octanol–water partition coefficient (Wildman–Crippen LogP) is 2.89. The van der Waals surface area contributed by atoms with Gasteiger partial charge >= 0.3 is 0 Å². The largest absolute Gasteiger partial charge is 0.395 e. The molecule has 0 heterocycles. The fourth-order valence-corrected chi connectivity index (χ4v) is 1.44. The van der Waals surface area contributed by atoms with Crippen LogP contribution >= 0.6 is 11.6 Å². The molecule has 0 bridgehead atoms. The molecule has 1 aromatic carbocycles. The molecule has 0 atom stereocenters. The molecule has 0 fully saturated rings. The minimum atomic E-state index is 0.0838. The molecule has 16 heavy (non-hydrogen) atoms. The molecular formula is C13H16ClNO. The zero-order chi connectivity index (χ0) is 12.0. The quantitative estimate of drug-likeness (QED) is 0.793. The van der Waals surface area contributed by atoms with Gasteiger partial charge in [0.25, 0.3) is 0 Å². The fourth-order valence-electron chi connectivity index (χ4n) is 1.27. The summed E-state index contributed by atoms with van der Waals surface area (Å²) in [6.45, 7) is 4.22. The molecule has 0 unspecified atom stereocenters. The van der Waals surface area contributed by atoms with Gasteiger partial charge in [-0.25, -0.2) is 0 Å². The van der Waals surface area contributed by atoms with Gasteiger partial charge in [0.1, 0.15) is 0 Å². The molecular weight excluding hydrogens is 222 g/mol. The topological polar surface area (TPSA) is 32.3 Å². The number of benzene rings is 1. The Morgan fingerprint density at radius 1 is 1.44 bits per heavy atom. The van der Waals surface area contributed by atoms with Gasteiger partial charge < -0.3 is 10.4 Å². The molecule has 1 aromatic rings. The highest BCUT2D eigenvalue weighted by Crippen LogP contribution is 2.20. The van der Waals surface area contributed by atoms with Crippen LogP contribution in [0.5, 0.6) is 0 Å². The predicted molar refractivity (Wildman–Crippen MR) is 68.8 cm³/mol. The van der Waals surface area contributed by atoms with E-state index in [4.69, 9.17) is 16.7 Å². The van der Waals surface area contributed by atoms with Crippen LogP contribution in [-0.4, -0.2) is 17.8 Å². The summed E-state index contributed by atoms with van der Waals surface area (Å²) in [5.74, 6) is 5.90. The van der Waals surface area contributed by atoms with E-state index in [9.17, 15) is 0 Å². The maximum absolute atomic E-state index is 8.67. The van der Waals surface area contributed by atoms with Crippen molar-refractivity contribution >= 4 is 17.3 Å². The average Bonchev–Trinajstić information content (AvgIpc) is 2.22. The van der Waals surface area contributed by atoms with E-state index in [0.717, 1.165) is 11.3 Å². The van der Waals surface area contributed by atoms with Gasteiger partial charge in [0, 0.05) is 23.0 Å². The Balaban J connectivity index is 2.95. The van der Waals surface area contributed by atoms with E-state index in [2.05, 4.69) is 31.0 Å². The zero-order valence-corrected chi connectivity index (χ0v) is 10.3. The van der Waals surface area contributed by atoms with Gasteiger partial charge in [-0.2, -0.15) is 0 Å². The summed E-state index contributed by atoms with van der Waals surface area (Å²) < 4.78 is 0. The lowest BCUT2D eigenvalue weighted by atomic mass is 10.1. The lowest BCUT2D eigenvalue weighted by Crippen LogP contribution is -2.10. The van der Waals surface area contributed by atoms with Crippen molar-refractivity contribution < 1.29 is 5.11 Å². The second kappa shape index (κ2) is 6.42. The first kappa shape index (κ1) is 12.9. The molecule has 0 aliphatic carbocycles. The maximum Gasteiger partial charge on any atom is 0.0540 e. The van der Waals surface area contributed by atoms with Crippen LogP contribution < -0.4 is 5.32 Å². The minimum Gasteiger partial charge on any atom is -0.395 e. The van der Waals surface area contributed by atoms with E-state index in [1.54, 1.807) is 0 Å². The molecule has 0 aromatic heterocycles. The minimum absolute atomic E-state index is 0.0838. The smallest absolute Gasteiger partial charge is 0.0540 e. The summed E-state index contributed by atoms with van der Waals surface area (Å²) in [5.41, 5.74) is 1.85. The number of hydrogen-bond donors (Lipinski definition) is 2. The van der Waals surface area contributed by atoms with Crippen LogP contribution in [0.3, 0.4) is 0 Å². The molecule has 0 spiro atoms. The molecule has 0 aliphatic rings. The monoisotopic (exact) mass is 237 g/mol. The lowest BCUT2D eigenvalue weighted by molar-refractivity contribution is 0.305. The van der Waals surface area contributed by atoms with Crippen LogP contribution in [0.15, 0.2) is 18.2 Å². The van der Waals surface area contributed by atoms with Crippen molar-refractivity contribution in [3.8, 4) is 11.8 Å². The number of hydrogen-bond acceptors (Lipinski definition) is 2. The van der Waals surface area contributed by atoms with E-state index in [1.165, 1.54) is 0 Å². The summed E-state index contributed by atoms with van der Waals surface area (Å²) in [7, 11) is 0. The number of rotatable bonds is 3. The van der Waals surface area contributed by atoms with E-state index in [1.807, 2.05) is 18.2 Å². The van der Waals surface area contributed by atoms with Gasteiger partial charge in [0.2, 0.25) is 0 Å². The van der Waals surface area contributed by atoms with Crippen molar-refractivity contribution in [1.82, 2.24) is 0 Å². The van der Waals surface area contributed by atoms with Crippen LogP contribution in [0.25, 0.3) is 0 Å². The van der Waals surface area contributed by atoms with Gasteiger partial charge in [-0.1, -0.05) is 23.4 Å². The highest BCUT2D eigenvalue weighted by atomic mass is 35.5. The third-order valence-corrected chi connectivity index (χ3v) is 2.12. The first-order chi connectivity index (χ1) is 7.63. The molecule has 2 N–H and O–H groups in total. The Hall–Kier alpha value is -1.17. The number of aliphatic hydroxyl groups is 1. The van der Waals surface area contributed by atoms with Crippen molar-refractivity contribution in [2.24, 2.45) is 0 Å². The first-order valence-corrected chi connectivity index (χ1v) is 5.67. The number of halogens is 1. The highest BCUT2D eigenvalue weighted by molar-refractivity contribution is 6.30. The summed E-state index contributed by atoms with van der Waals surface area (Å²) >= 11 is 5.92. The SMILES string of the molecule is CC(C)Nc1ccc(Cl)cc1C#CCCO. The van der Waals surface area contributed by atoms with Crippen molar-refractivity contribution in [1.29, 1.82) is 0 Å². The van der Waals surface area contributed by atoms with Gasteiger partial charge in [-0.3, -0.25) is 0 Å². The maximum atomic E-state index is 8.67. The standard InChI is InChI=1S/C13H16ClNO/c1-10(2)15-13-7-6-12(14)9-11(13)5-3-4-8-16/h6-7,9-10,15-16H,4,8H2,1-2H3. The number of anilines is 1. The van der Waals surface area contributed by atoms with E-state index >= 15 is 0 Å². The highest BCUT2D eigenvalue weighted by Gasteiger charge is 2.02. The number of aliphatic hydroxyl groups excluding tert-OH is 1. The van der Waals surface area contributed by atoms with Crippen LogP contribution in [0.4, 0.5) is 5.69 Å². The first-order valence-electron chi connectivity index (χ1n) is 5.29. The second-order valence-corrected chi connectivity index (χ2v) is 4.20. The van der Waals surface area contributed by atoms with Crippen molar-refractivity contribution in [3.63, 3.8) is 0 Å². The van der Waals surface area contributed by atoms with E-state index in [-0.39, 0.29) is 6.61 Å². The summed E-state index contributed by atoms with van der Waals surface area (Å²) in [5, 5.41) is 12.6. The van der Waals surface area contributed by atoms with Gasteiger partial charge in [0.05, 0.1) is 12.3 Å². The lowest BCUT2D eigenvalue weighted by Gasteiger charge is -2.12. The van der Waals surface area contributed by atoms with Crippen molar-refractivity contribution in [2.75, 3.05) is 11.9 Å². The van der Waals surface area contributed by atoms with Crippen molar-refractivity contribution in [2.45, 2.75) is 26.3 Å². The Kier molecular flexibility index (Phi) is 5.18. The van der Waals surface area contributed by atoms with Crippen LogP contribution in [-0.2, 0) is 0 Å². The summed E-state index contributed by atoms with van der Waals surface area (Å²) in [6.07, 6.45) is 0.480. The molecule has 0 amide bonds. The molecule has 0 radical (unpaired) electrons. The second-order valence-electron chi connectivity index (χ2n) is 3.76. The van der Waals surface area contributed by atoms with Crippen molar-refractivity contribution in [3.05, 3.63) is 28.8 Å². The molecule has 86 valence electrons. The Morgan fingerprint density at radius 2 is 2.19 bits per heavy atom. The average molecular weight is 238 g/mol. The van der Waals surface area contributed by atoms with Gasteiger partial charge in [-0.15, -0.1) is 0 Å². The van der Waals surface area contributed by atoms with E-state index < -0.39 is 0 Å². The molecule has 0 aliphatic heterocycles. The third kappa shape index (κ3) is 4.14. The Bertz CT molecular complexity index is 404. The van der Waals surface area contributed by atoms with Gasteiger partial charge in [0.15, 0.2) is 0 Å². The van der Waals surface area contributed by atoms with Crippen LogP contribution in [0, 0.1) is 11.8 Å². The van der Waals surface area contributed by atoms with Gasteiger partial charge in [-0.05, 0) is 32.0 Å². The molecule has 0 saturated heterocycles. The molecule has 3 heteroatoms. The van der Waals surface area contributed by atoms with Crippen LogP contribution in [0.2, 0.25) is 5.02 Å². The van der Waals surface area contributed by atoms with E-state index in [0.29, 0.717) is 17.5 Å². The molecule has 2 nitrogen and oxygen atoms in total. The summed E-state index contributed by atoms with van der Waals surface area (Å²) in [4.78, 5) is 0. The molecule has 0 saturated carbocycles. The zero-order valence-electron chi connectivity index (χ0n) is 9.55. The van der Waals surface area contributed by atoms with Crippen LogP contribution in [0.1, 0.15) is 25.8 Å². The third-order valence-electron chi connectivity index (χ3n) is 1.89. The summed E-state index contributed by atoms with van der Waals surface area (Å²) in [6, 6.07) is 5.94. The Morgan fingerprint density at radius 3 is 2.81 bits per heavy atom. The molecule has 1 rings (SSSR count). The Labute approximate surface area is 102 Å². The fraction of sp³-hybridized carbons (Fsp3) is 0.385.